The van der Waals surface area contributed by atoms with Crippen molar-refractivity contribution in [3.8, 4) is 5.75 Å². The molecule has 4 heteroatoms. The van der Waals surface area contributed by atoms with Gasteiger partial charge in [0.2, 0.25) is 0 Å². The minimum atomic E-state index is -0.179. The van der Waals surface area contributed by atoms with Crippen LogP contribution in [-0.2, 0) is 31.5 Å². The predicted octanol–water partition coefficient (Wildman–Crippen LogP) is 5.68. The first-order valence-corrected chi connectivity index (χ1v) is 10.6. The van der Waals surface area contributed by atoms with Gasteiger partial charge in [-0.05, 0) is 42.6 Å². The van der Waals surface area contributed by atoms with Crippen LogP contribution in [0.5, 0.6) is 5.75 Å². The highest BCUT2D eigenvalue weighted by Crippen LogP contribution is 2.42. The summed E-state index contributed by atoms with van der Waals surface area (Å²) in [7, 11) is 0. The van der Waals surface area contributed by atoms with Crippen molar-refractivity contribution in [2.75, 3.05) is 13.2 Å². The van der Waals surface area contributed by atoms with E-state index in [0.717, 1.165) is 37.2 Å². The molecule has 1 aliphatic heterocycles. The van der Waals surface area contributed by atoms with E-state index < -0.39 is 0 Å². The molecule has 1 atom stereocenters. The third kappa shape index (κ3) is 6.23. The summed E-state index contributed by atoms with van der Waals surface area (Å²) in [5, 5.41) is 0. The second-order valence-corrected chi connectivity index (χ2v) is 9.74. The summed E-state index contributed by atoms with van der Waals surface area (Å²) < 4.78 is 17.4. The second-order valence-electron chi connectivity index (χ2n) is 9.74. The number of aryl methyl sites for hydroxylation is 1. The standard InChI is InChI=1S/C24H38O4/c1-8-26-20(25)13-12-17-15-18(23(2,3)4)22(19(16-17)24(5,6)7)28-21-11-9-10-14-27-21/h15-16,21H,8-14H2,1-7H3. The van der Waals surface area contributed by atoms with E-state index in [4.69, 9.17) is 14.2 Å². The smallest absolute Gasteiger partial charge is 0.306 e. The van der Waals surface area contributed by atoms with Crippen molar-refractivity contribution in [3.63, 3.8) is 0 Å². The lowest BCUT2D eigenvalue weighted by molar-refractivity contribution is -0.143. The first-order valence-electron chi connectivity index (χ1n) is 10.6. The number of rotatable bonds is 6. The van der Waals surface area contributed by atoms with Gasteiger partial charge in [-0.1, -0.05) is 53.7 Å². The Hall–Kier alpha value is -1.55. The van der Waals surface area contributed by atoms with Gasteiger partial charge in [0, 0.05) is 24.0 Å². The average Bonchev–Trinajstić information content (AvgIpc) is 2.60. The molecule has 1 aromatic rings. The van der Waals surface area contributed by atoms with E-state index in [1.165, 1.54) is 11.1 Å². The molecule has 0 spiro atoms. The maximum Gasteiger partial charge on any atom is 0.306 e. The van der Waals surface area contributed by atoms with Crippen LogP contribution in [-0.4, -0.2) is 25.5 Å². The van der Waals surface area contributed by atoms with Gasteiger partial charge >= 0.3 is 5.97 Å². The maximum absolute atomic E-state index is 11.8. The van der Waals surface area contributed by atoms with Crippen LogP contribution in [0, 0.1) is 0 Å². The first kappa shape index (κ1) is 22.7. The number of esters is 1. The zero-order chi connectivity index (χ0) is 20.9. The van der Waals surface area contributed by atoms with Crippen LogP contribution in [0.2, 0.25) is 0 Å². The van der Waals surface area contributed by atoms with Gasteiger partial charge in [0.1, 0.15) is 5.75 Å². The molecule has 1 fully saturated rings. The molecule has 1 saturated heterocycles. The third-order valence-electron chi connectivity index (χ3n) is 5.08. The Morgan fingerprint density at radius 2 is 1.68 bits per heavy atom. The van der Waals surface area contributed by atoms with Gasteiger partial charge in [-0.25, -0.2) is 0 Å². The highest BCUT2D eigenvalue weighted by atomic mass is 16.7. The zero-order valence-electron chi connectivity index (χ0n) is 18.8. The number of hydrogen-bond acceptors (Lipinski definition) is 4. The fourth-order valence-corrected chi connectivity index (χ4v) is 3.49. The van der Waals surface area contributed by atoms with Crippen molar-refractivity contribution < 1.29 is 19.0 Å². The van der Waals surface area contributed by atoms with E-state index >= 15 is 0 Å². The van der Waals surface area contributed by atoms with E-state index in [2.05, 4.69) is 53.7 Å². The molecule has 1 unspecified atom stereocenters. The summed E-state index contributed by atoms with van der Waals surface area (Å²) in [6.07, 6.45) is 4.06. The lowest BCUT2D eigenvalue weighted by Crippen LogP contribution is -2.29. The van der Waals surface area contributed by atoms with E-state index in [9.17, 15) is 4.79 Å². The minimum Gasteiger partial charge on any atom is -0.466 e. The van der Waals surface area contributed by atoms with Crippen LogP contribution in [0.4, 0.5) is 0 Å². The Labute approximate surface area is 170 Å². The Bertz CT molecular complexity index is 623. The molecule has 1 aromatic carbocycles. The molecule has 0 N–H and O–H groups in total. The van der Waals surface area contributed by atoms with Crippen molar-refractivity contribution >= 4 is 5.97 Å². The van der Waals surface area contributed by atoms with E-state index in [-0.39, 0.29) is 23.1 Å². The SMILES string of the molecule is CCOC(=O)CCc1cc(C(C)(C)C)c(OC2CCCCO2)c(C(C)(C)C)c1. The molecule has 1 aliphatic rings. The van der Waals surface area contributed by atoms with E-state index in [1.54, 1.807) is 0 Å². The highest BCUT2D eigenvalue weighted by Gasteiger charge is 2.30. The molecule has 158 valence electrons. The fraction of sp³-hybridized carbons (Fsp3) is 0.708. The van der Waals surface area contributed by atoms with Crippen molar-refractivity contribution in [1.29, 1.82) is 0 Å². The normalized spacial score (nSPS) is 18.0. The van der Waals surface area contributed by atoms with Gasteiger partial charge in [-0.3, -0.25) is 4.79 Å². The number of carbonyl (C=O) groups is 1. The third-order valence-corrected chi connectivity index (χ3v) is 5.08. The quantitative estimate of drug-likeness (QED) is 0.586. The molecular weight excluding hydrogens is 352 g/mol. The number of benzene rings is 1. The van der Waals surface area contributed by atoms with Gasteiger partial charge in [0.05, 0.1) is 13.2 Å². The number of hydrogen-bond donors (Lipinski definition) is 0. The lowest BCUT2D eigenvalue weighted by atomic mass is 9.78. The molecule has 28 heavy (non-hydrogen) atoms. The Morgan fingerprint density at radius 3 is 2.14 bits per heavy atom. The molecular formula is C24H38O4. The van der Waals surface area contributed by atoms with Gasteiger partial charge in [0.25, 0.3) is 0 Å². The van der Waals surface area contributed by atoms with Crippen molar-refractivity contribution in [2.24, 2.45) is 0 Å². The van der Waals surface area contributed by atoms with Gasteiger partial charge in [0.15, 0.2) is 6.29 Å². The summed E-state index contributed by atoms with van der Waals surface area (Å²) in [5.74, 6) is 0.805. The first-order chi connectivity index (χ1) is 13.0. The van der Waals surface area contributed by atoms with Crippen LogP contribution < -0.4 is 4.74 Å². The van der Waals surface area contributed by atoms with Crippen LogP contribution in [0.15, 0.2) is 12.1 Å². The summed E-state index contributed by atoms with van der Waals surface area (Å²) in [4.78, 5) is 11.8. The Morgan fingerprint density at radius 1 is 1.07 bits per heavy atom. The summed E-state index contributed by atoms with van der Waals surface area (Å²) in [6.45, 7) is 16.3. The number of ether oxygens (including phenoxy) is 3. The van der Waals surface area contributed by atoms with Crippen molar-refractivity contribution in [2.45, 2.75) is 97.7 Å². The van der Waals surface area contributed by atoms with Gasteiger partial charge < -0.3 is 14.2 Å². The molecule has 2 rings (SSSR count). The summed E-state index contributed by atoms with van der Waals surface area (Å²) >= 11 is 0. The predicted molar refractivity (Wildman–Crippen MR) is 113 cm³/mol. The van der Waals surface area contributed by atoms with Crippen molar-refractivity contribution in [3.05, 3.63) is 28.8 Å². The van der Waals surface area contributed by atoms with Gasteiger partial charge in [-0.15, -0.1) is 0 Å². The topological polar surface area (TPSA) is 44.8 Å². The largest absolute Gasteiger partial charge is 0.466 e. The van der Waals surface area contributed by atoms with E-state index in [0.29, 0.717) is 19.4 Å². The molecule has 4 nitrogen and oxygen atoms in total. The second kappa shape index (κ2) is 9.30. The number of carbonyl (C=O) groups excluding carboxylic acids is 1. The minimum absolute atomic E-state index is 0.0794. The lowest BCUT2D eigenvalue weighted by Gasteiger charge is -2.33. The van der Waals surface area contributed by atoms with Gasteiger partial charge in [-0.2, -0.15) is 0 Å². The molecule has 0 aromatic heterocycles. The monoisotopic (exact) mass is 390 g/mol. The molecule has 0 bridgehead atoms. The van der Waals surface area contributed by atoms with Crippen LogP contribution in [0.3, 0.4) is 0 Å². The molecule has 0 amide bonds. The average molecular weight is 391 g/mol. The van der Waals surface area contributed by atoms with Crippen LogP contribution in [0.25, 0.3) is 0 Å². The van der Waals surface area contributed by atoms with Crippen LogP contribution >= 0.6 is 0 Å². The molecule has 1 heterocycles. The molecule has 0 radical (unpaired) electrons. The summed E-state index contributed by atoms with van der Waals surface area (Å²) in [6, 6.07) is 4.40. The molecule has 0 saturated carbocycles. The Balaban J connectivity index is 2.44. The van der Waals surface area contributed by atoms with Crippen molar-refractivity contribution in [1.82, 2.24) is 0 Å². The maximum atomic E-state index is 11.8. The fourth-order valence-electron chi connectivity index (χ4n) is 3.49. The summed E-state index contributed by atoms with van der Waals surface area (Å²) in [5.41, 5.74) is 3.34. The highest BCUT2D eigenvalue weighted by molar-refractivity contribution is 5.69. The van der Waals surface area contributed by atoms with Crippen LogP contribution in [0.1, 0.15) is 90.8 Å². The Kier molecular flexibility index (Phi) is 7.55. The van der Waals surface area contributed by atoms with E-state index in [1.807, 2.05) is 6.92 Å². The zero-order valence-corrected chi connectivity index (χ0v) is 18.8. The molecule has 0 aliphatic carbocycles.